The third-order valence-corrected chi connectivity index (χ3v) is 3.56. The van der Waals surface area contributed by atoms with Crippen LogP contribution in [0.2, 0.25) is 0 Å². The van der Waals surface area contributed by atoms with Crippen LogP contribution in [0.4, 0.5) is 21.6 Å². The first-order valence-electron chi connectivity index (χ1n) is 7.89. The van der Waals surface area contributed by atoms with Gasteiger partial charge in [0.2, 0.25) is 0 Å². The lowest BCUT2D eigenvalue weighted by molar-refractivity contribution is 0.0600. The standard InChI is InChI=1S/C19H15FN4O3/c1-27-19(26)12-5-7-14(8-6-12)24-18(25)16-10-17(22-11-21-16)23-15-4-2-3-13(20)9-15/h2-11H,1H3,(H,24,25)(H,21,22,23). The molecule has 8 heteroatoms. The number of rotatable bonds is 5. The van der Waals surface area contributed by atoms with Crippen LogP contribution >= 0.6 is 0 Å². The number of hydrogen-bond acceptors (Lipinski definition) is 6. The SMILES string of the molecule is COC(=O)c1ccc(NC(=O)c2cc(Nc3cccc(F)c3)ncn2)cc1. The molecule has 0 saturated heterocycles. The van der Waals surface area contributed by atoms with Gasteiger partial charge >= 0.3 is 5.97 Å². The van der Waals surface area contributed by atoms with Crippen LogP contribution in [0, 0.1) is 5.82 Å². The third-order valence-electron chi connectivity index (χ3n) is 3.56. The van der Waals surface area contributed by atoms with Crippen molar-refractivity contribution in [2.45, 2.75) is 0 Å². The number of halogens is 1. The van der Waals surface area contributed by atoms with E-state index in [-0.39, 0.29) is 11.5 Å². The van der Waals surface area contributed by atoms with Gasteiger partial charge in [-0.25, -0.2) is 19.2 Å². The number of nitrogens with zero attached hydrogens (tertiary/aromatic N) is 2. The van der Waals surface area contributed by atoms with Crippen LogP contribution in [0.15, 0.2) is 60.9 Å². The number of methoxy groups -OCH3 is 1. The van der Waals surface area contributed by atoms with E-state index in [0.717, 1.165) is 0 Å². The predicted molar refractivity (Wildman–Crippen MR) is 97.4 cm³/mol. The summed E-state index contributed by atoms with van der Waals surface area (Å²) in [5.74, 6) is -0.952. The maximum Gasteiger partial charge on any atom is 0.337 e. The quantitative estimate of drug-likeness (QED) is 0.672. The molecule has 2 N–H and O–H groups in total. The van der Waals surface area contributed by atoms with Gasteiger partial charge in [0.15, 0.2) is 0 Å². The van der Waals surface area contributed by atoms with Crippen molar-refractivity contribution in [3.8, 4) is 0 Å². The molecule has 1 amide bonds. The summed E-state index contributed by atoms with van der Waals surface area (Å²) < 4.78 is 17.9. The second kappa shape index (κ2) is 8.05. The van der Waals surface area contributed by atoms with Crippen LogP contribution in [0.3, 0.4) is 0 Å². The van der Waals surface area contributed by atoms with Gasteiger partial charge in [-0.05, 0) is 42.5 Å². The summed E-state index contributed by atoms with van der Waals surface area (Å²) in [6.07, 6.45) is 1.23. The van der Waals surface area contributed by atoms with Crippen LogP contribution < -0.4 is 10.6 Å². The summed E-state index contributed by atoms with van der Waals surface area (Å²) in [7, 11) is 1.29. The van der Waals surface area contributed by atoms with E-state index in [1.165, 1.54) is 31.6 Å². The minimum absolute atomic E-state index is 0.126. The zero-order valence-corrected chi connectivity index (χ0v) is 14.3. The molecule has 136 valence electrons. The van der Waals surface area contributed by atoms with E-state index in [1.807, 2.05) is 0 Å². The van der Waals surface area contributed by atoms with E-state index in [2.05, 4.69) is 25.3 Å². The Morgan fingerprint density at radius 3 is 2.48 bits per heavy atom. The van der Waals surface area contributed by atoms with E-state index >= 15 is 0 Å². The smallest absolute Gasteiger partial charge is 0.337 e. The summed E-state index contributed by atoms with van der Waals surface area (Å²) in [5, 5.41) is 5.58. The summed E-state index contributed by atoms with van der Waals surface area (Å²) in [6, 6.07) is 13.6. The Hall–Kier alpha value is -3.81. The molecule has 3 rings (SSSR count). The fourth-order valence-electron chi connectivity index (χ4n) is 2.27. The molecule has 0 aliphatic heterocycles. The van der Waals surface area contributed by atoms with Gasteiger partial charge in [-0.15, -0.1) is 0 Å². The van der Waals surface area contributed by atoms with Gasteiger partial charge in [0.1, 0.15) is 23.7 Å². The first-order chi connectivity index (χ1) is 13.0. The minimum atomic E-state index is -0.461. The first-order valence-corrected chi connectivity index (χ1v) is 7.89. The fourth-order valence-corrected chi connectivity index (χ4v) is 2.27. The third kappa shape index (κ3) is 4.63. The van der Waals surface area contributed by atoms with Crippen molar-refractivity contribution < 1.29 is 18.7 Å². The van der Waals surface area contributed by atoms with Crippen LogP contribution in [0.5, 0.6) is 0 Å². The number of ether oxygens (including phenoxy) is 1. The van der Waals surface area contributed by atoms with E-state index in [9.17, 15) is 14.0 Å². The molecule has 1 heterocycles. The number of aromatic nitrogens is 2. The van der Waals surface area contributed by atoms with Gasteiger partial charge in [0.25, 0.3) is 5.91 Å². The lowest BCUT2D eigenvalue weighted by Crippen LogP contribution is -2.14. The molecular formula is C19H15FN4O3. The van der Waals surface area contributed by atoms with Gasteiger partial charge in [-0.2, -0.15) is 0 Å². The largest absolute Gasteiger partial charge is 0.465 e. The van der Waals surface area contributed by atoms with Crippen molar-refractivity contribution in [1.29, 1.82) is 0 Å². The Balaban J connectivity index is 1.70. The van der Waals surface area contributed by atoms with Gasteiger partial charge in [-0.1, -0.05) is 6.07 Å². The molecule has 0 atom stereocenters. The second-order valence-electron chi connectivity index (χ2n) is 5.45. The summed E-state index contributed by atoms with van der Waals surface area (Å²) in [5.41, 5.74) is 1.49. The van der Waals surface area contributed by atoms with Gasteiger partial charge < -0.3 is 15.4 Å². The molecular weight excluding hydrogens is 351 g/mol. The Morgan fingerprint density at radius 2 is 1.78 bits per heavy atom. The number of hydrogen-bond donors (Lipinski definition) is 2. The van der Waals surface area contributed by atoms with Crippen molar-refractivity contribution >= 4 is 29.1 Å². The van der Waals surface area contributed by atoms with Crippen molar-refractivity contribution in [2.24, 2.45) is 0 Å². The normalized spacial score (nSPS) is 10.1. The number of anilines is 3. The van der Waals surface area contributed by atoms with Crippen LogP contribution in [0.25, 0.3) is 0 Å². The lowest BCUT2D eigenvalue weighted by Gasteiger charge is -2.08. The number of carbonyl (C=O) groups is 2. The average molecular weight is 366 g/mol. The Morgan fingerprint density at radius 1 is 1.00 bits per heavy atom. The lowest BCUT2D eigenvalue weighted by atomic mass is 10.2. The van der Waals surface area contributed by atoms with E-state index in [1.54, 1.807) is 36.4 Å². The van der Waals surface area contributed by atoms with Gasteiger partial charge in [-0.3, -0.25) is 4.79 Å². The van der Waals surface area contributed by atoms with E-state index in [4.69, 9.17) is 0 Å². The molecule has 0 unspecified atom stereocenters. The highest BCUT2D eigenvalue weighted by Gasteiger charge is 2.11. The van der Waals surface area contributed by atoms with Crippen molar-refractivity contribution in [3.05, 3.63) is 78.0 Å². The molecule has 0 spiro atoms. The first kappa shape index (κ1) is 18.0. The molecule has 0 aliphatic rings. The molecule has 2 aromatic carbocycles. The number of benzene rings is 2. The molecule has 7 nitrogen and oxygen atoms in total. The Bertz CT molecular complexity index is 977. The van der Waals surface area contributed by atoms with Crippen LogP contribution in [-0.4, -0.2) is 29.0 Å². The second-order valence-corrected chi connectivity index (χ2v) is 5.45. The highest BCUT2D eigenvalue weighted by Crippen LogP contribution is 2.16. The zero-order valence-electron chi connectivity index (χ0n) is 14.3. The zero-order chi connectivity index (χ0) is 19.2. The predicted octanol–water partition coefficient (Wildman–Crippen LogP) is 3.40. The van der Waals surface area contributed by atoms with E-state index < -0.39 is 11.9 Å². The Kier molecular flexibility index (Phi) is 5.36. The minimum Gasteiger partial charge on any atom is -0.465 e. The molecule has 1 aromatic heterocycles. The van der Waals surface area contributed by atoms with Crippen molar-refractivity contribution in [3.63, 3.8) is 0 Å². The van der Waals surface area contributed by atoms with Gasteiger partial charge in [0.05, 0.1) is 12.7 Å². The monoisotopic (exact) mass is 366 g/mol. The fraction of sp³-hybridized carbons (Fsp3) is 0.0526. The topological polar surface area (TPSA) is 93.2 Å². The molecule has 0 fully saturated rings. The number of nitrogens with one attached hydrogen (secondary N) is 2. The van der Waals surface area contributed by atoms with Crippen molar-refractivity contribution in [1.82, 2.24) is 9.97 Å². The van der Waals surface area contributed by atoms with E-state index in [0.29, 0.717) is 22.8 Å². The van der Waals surface area contributed by atoms with Gasteiger partial charge in [0, 0.05) is 17.4 Å². The highest BCUT2D eigenvalue weighted by molar-refractivity contribution is 6.03. The molecule has 27 heavy (non-hydrogen) atoms. The Labute approximate surface area is 154 Å². The molecule has 3 aromatic rings. The summed E-state index contributed by atoms with van der Waals surface area (Å²) in [6.45, 7) is 0. The molecule has 0 radical (unpaired) electrons. The number of esters is 1. The van der Waals surface area contributed by atoms with Crippen LogP contribution in [0.1, 0.15) is 20.8 Å². The number of amides is 1. The summed E-state index contributed by atoms with van der Waals surface area (Å²) >= 11 is 0. The average Bonchev–Trinajstić information content (AvgIpc) is 2.68. The maximum atomic E-state index is 13.3. The molecule has 0 bridgehead atoms. The molecule has 0 aliphatic carbocycles. The maximum absolute atomic E-state index is 13.3. The van der Waals surface area contributed by atoms with Crippen molar-refractivity contribution in [2.75, 3.05) is 17.7 Å². The van der Waals surface area contributed by atoms with Crippen LogP contribution in [-0.2, 0) is 4.74 Å². The molecule has 0 saturated carbocycles. The summed E-state index contributed by atoms with van der Waals surface area (Å²) in [4.78, 5) is 31.7. The number of carbonyl (C=O) groups excluding carboxylic acids is 2. The highest BCUT2D eigenvalue weighted by atomic mass is 19.1.